The summed E-state index contributed by atoms with van der Waals surface area (Å²) in [5.74, 6) is 5.80. The van der Waals surface area contributed by atoms with E-state index in [9.17, 15) is 0 Å². The summed E-state index contributed by atoms with van der Waals surface area (Å²) in [5.41, 5.74) is 0. The Balaban J connectivity index is 1.76. The molecular weight excluding hydrogens is 176 g/mol. The molecule has 2 rings (SSSR count). The van der Waals surface area contributed by atoms with Crippen molar-refractivity contribution in [2.24, 2.45) is 11.8 Å². The molecule has 1 atom stereocenters. The van der Waals surface area contributed by atoms with Gasteiger partial charge in [-0.15, -0.1) is 0 Å². The molecule has 3 nitrogen and oxygen atoms in total. The molecule has 0 bridgehead atoms. The molecule has 1 saturated carbocycles. The summed E-state index contributed by atoms with van der Waals surface area (Å²) in [6.07, 6.45) is 8.40. The van der Waals surface area contributed by atoms with Crippen molar-refractivity contribution in [2.45, 2.75) is 44.6 Å². The third-order valence-corrected chi connectivity index (χ3v) is 3.74. The van der Waals surface area contributed by atoms with Crippen LogP contribution < -0.4 is 5.90 Å². The Bertz CT molecular complexity index is 169. The maximum absolute atomic E-state index is 5.11. The van der Waals surface area contributed by atoms with Crippen LogP contribution in [-0.4, -0.2) is 30.6 Å². The Hall–Kier alpha value is -0.120. The molecule has 1 heterocycles. The van der Waals surface area contributed by atoms with Gasteiger partial charge in [-0.1, -0.05) is 19.3 Å². The minimum Gasteiger partial charge on any atom is -0.304 e. The standard InChI is InChI=1S/C11H22N2O/c12-14-9-10-6-7-13(8-10)11-4-2-1-3-5-11/h10-11H,1-9,12H2. The molecule has 0 aromatic heterocycles. The van der Waals surface area contributed by atoms with E-state index in [4.69, 9.17) is 10.7 Å². The smallest absolute Gasteiger partial charge is 0.0720 e. The molecule has 2 aliphatic rings. The maximum Gasteiger partial charge on any atom is 0.0720 e. The van der Waals surface area contributed by atoms with E-state index in [1.165, 1.54) is 51.6 Å². The van der Waals surface area contributed by atoms with Gasteiger partial charge in [-0.2, -0.15) is 0 Å². The van der Waals surface area contributed by atoms with Crippen LogP contribution in [0, 0.1) is 5.92 Å². The van der Waals surface area contributed by atoms with Crippen LogP contribution in [0.3, 0.4) is 0 Å². The number of nitrogens with two attached hydrogens (primary N) is 1. The fourth-order valence-corrected chi connectivity index (χ4v) is 2.91. The van der Waals surface area contributed by atoms with E-state index in [1.54, 1.807) is 0 Å². The van der Waals surface area contributed by atoms with Crippen LogP contribution in [0.2, 0.25) is 0 Å². The quantitative estimate of drug-likeness (QED) is 0.699. The SMILES string of the molecule is NOCC1CCN(C2CCCCC2)C1. The average Bonchev–Trinajstić information content (AvgIpc) is 2.68. The van der Waals surface area contributed by atoms with E-state index >= 15 is 0 Å². The van der Waals surface area contributed by atoms with Crippen molar-refractivity contribution in [1.29, 1.82) is 0 Å². The van der Waals surface area contributed by atoms with Gasteiger partial charge in [-0.25, -0.2) is 5.90 Å². The molecule has 0 aromatic rings. The minimum atomic E-state index is 0.682. The fraction of sp³-hybridized carbons (Fsp3) is 1.00. The number of rotatable bonds is 3. The van der Waals surface area contributed by atoms with Gasteiger partial charge < -0.3 is 9.74 Å². The van der Waals surface area contributed by atoms with Crippen LogP contribution in [-0.2, 0) is 4.84 Å². The van der Waals surface area contributed by atoms with Gasteiger partial charge in [0, 0.05) is 12.6 Å². The lowest BCUT2D eigenvalue weighted by molar-refractivity contribution is 0.0976. The van der Waals surface area contributed by atoms with Gasteiger partial charge in [0.25, 0.3) is 0 Å². The van der Waals surface area contributed by atoms with E-state index in [-0.39, 0.29) is 0 Å². The first-order valence-electron chi connectivity index (χ1n) is 5.96. The Kier molecular flexibility index (Phi) is 3.79. The maximum atomic E-state index is 5.11. The van der Waals surface area contributed by atoms with Gasteiger partial charge in [0.15, 0.2) is 0 Å². The van der Waals surface area contributed by atoms with Gasteiger partial charge in [0.05, 0.1) is 6.61 Å². The number of hydrogen-bond donors (Lipinski definition) is 1. The molecule has 3 heteroatoms. The highest BCUT2D eigenvalue weighted by Crippen LogP contribution is 2.27. The summed E-state index contributed by atoms with van der Waals surface area (Å²) in [6.45, 7) is 3.21. The summed E-state index contributed by atoms with van der Waals surface area (Å²) in [6, 6.07) is 0.867. The van der Waals surface area contributed by atoms with E-state index in [1.807, 2.05) is 0 Å². The van der Waals surface area contributed by atoms with Crippen LogP contribution in [0.1, 0.15) is 38.5 Å². The number of hydrogen-bond acceptors (Lipinski definition) is 3. The molecule has 2 N–H and O–H groups in total. The molecule has 0 radical (unpaired) electrons. The first kappa shape index (κ1) is 10.4. The van der Waals surface area contributed by atoms with Crippen molar-refractivity contribution in [3.63, 3.8) is 0 Å². The van der Waals surface area contributed by atoms with Crippen molar-refractivity contribution >= 4 is 0 Å². The summed E-state index contributed by atoms with van der Waals surface area (Å²) >= 11 is 0. The predicted octanol–water partition coefficient (Wildman–Crippen LogP) is 1.53. The molecule has 1 aliphatic heterocycles. The Labute approximate surface area is 86.5 Å². The van der Waals surface area contributed by atoms with Gasteiger partial charge in [0.2, 0.25) is 0 Å². The van der Waals surface area contributed by atoms with Crippen molar-refractivity contribution < 1.29 is 4.84 Å². The Morgan fingerprint density at radius 3 is 2.64 bits per heavy atom. The summed E-state index contributed by atoms with van der Waals surface area (Å²) in [7, 11) is 0. The first-order chi connectivity index (χ1) is 6.90. The topological polar surface area (TPSA) is 38.5 Å². The molecule has 82 valence electrons. The summed E-state index contributed by atoms with van der Waals surface area (Å²) in [5, 5.41) is 0. The monoisotopic (exact) mass is 198 g/mol. The van der Waals surface area contributed by atoms with Gasteiger partial charge in [-0.05, 0) is 31.7 Å². The first-order valence-corrected chi connectivity index (χ1v) is 5.96. The van der Waals surface area contributed by atoms with Crippen LogP contribution in [0.5, 0.6) is 0 Å². The van der Waals surface area contributed by atoms with Crippen LogP contribution in [0.4, 0.5) is 0 Å². The molecule has 2 fully saturated rings. The molecule has 0 spiro atoms. The molecule has 1 saturated heterocycles. The highest BCUT2D eigenvalue weighted by molar-refractivity contribution is 4.83. The lowest BCUT2D eigenvalue weighted by Gasteiger charge is -2.31. The van der Waals surface area contributed by atoms with Crippen molar-refractivity contribution in [2.75, 3.05) is 19.7 Å². The molecular formula is C11H22N2O. The zero-order chi connectivity index (χ0) is 9.80. The third kappa shape index (κ3) is 2.47. The second kappa shape index (κ2) is 5.10. The van der Waals surface area contributed by atoms with Crippen LogP contribution >= 0.6 is 0 Å². The normalized spacial score (nSPS) is 31.1. The molecule has 0 aromatic carbocycles. The van der Waals surface area contributed by atoms with E-state index < -0.39 is 0 Å². The molecule has 14 heavy (non-hydrogen) atoms. The van der Waals surface area contributed by atoms with Crippen LogP contribution in [0.15, 0.2) is 0 Å². The second-order valence-electron chi connectivity index (χ2n) is 4.77. The lowest BCUT2D eigenvalue weighted by atomic mass is 9.94. The Morgan fingerprint density at radius 2 is 1.93 bits per heavy atom. The minimum absolute atomic E-state index is 0.682. The molecule has 1 unspecified atom stereocenters. The van der Waals surface area contributed by atoms with Crippen molar-refractivity contribution in [1.82, 2.24) is 4.90 Å². The average molecular weight is 198 g/mol. The third-order valence-electron chi connectivity index (χ3n) is 3.74. The highest BCUT2D eigenvalue weighted by atomic mass is 16.6. The van der Waals surface area contributed by atoms with E-state index in [2.05, 4.69) is 4.90 Å². The van der Waals surface area contributed by atoms with Crippen molar-refractivity contribution in [3.05, 3.63) is 0 Å². The predicted molar refractivity (Wildman–Crippen MR) is 56.7 cm³/mol. The highest BCUT2D eigenvalue weighted by Gasteiger charge is 2.28. The van der Waals surface area contributed by atoms with Crippen LogP contribution in [0.25, 0.3) is 0 Å². The number of nitrogens with zero attached hydrogens (tertiary/aromatic N) is 1. The largest absolute Gasteiger partial charge is 0.304 e. The zero-order valence-corrected chi connectivity index (χ0v) is 8.95. The molecule has 1 aliphatic carbocycles. The fourth-order valence-electron chi connectivity index (χ4n) is 2.91. The summed E-state index contributed by atoms with van der Waals surface area (Å²) in [4.78, 5) is 7.39. The van der Waals surface area contributed by atoms with Gasteiger partial charge >= 0.3 is 0 Å². The zero-order valence-electron chi connectivity index (χ0n) is 8.95. The lowest BCUT2D eigenvalue weighted by Crippen LogP contribution is -2.35. The van der Waals surface area contributed by atoms with Gasteiger partial charge in [-0.3, -0.25) is 0 Å². The van der Waals surface area contributed by atoms with Crippen molar-refractivity contribution in [3.8, 4) is 0 Å². The number of likely N-dealkylation sites (tertiary alicyclic amines) is 1. The summed E-state index contributed by atoms with van der Waals surface area (Å²) < 4.78 is 0. The van der Waals surface area contributed by atoms with Gasteiger partial charge in [0.1, 0.15) is 0 Å². The second-order valence-corrected chi connectivity index (χ2v) is 4.77. The van der Waals surface area contributed by atoms with E-state index in [0.29, 0.717) is 5.92 Å². The van der Waals surface area contributed by atoms with E-state index in [0.717, 1.165) is 12.6 Å². The molecule has 0 amide bonds. The Morgan fingerprint density at radius 1 is 1.14 bits per heavy atom.